The van der Waals surface area contributed by atoms with Gasteiger partial charge in [-0.1, -0.05) is 23.2 Å². The van der Waals surface area contributed by atoms with Crippen LogP contribution in [0.2, 0.25) is 10.0 Å². The van der Waals surface area contributed by atoms with Crippen LogP contribution in [0, 0.1) is 0 Å². The Morgan fingerprint density at radius 3 is 2.66 bits per heavy atom. The summed E-state index contributed by atoms with van der Waals surface area (Å²) in [6, 6.07) is 3.31. The van der Waals surface area contributed by atoms with Crippen LogP contribution in [0.4, 0.5) is 4.79 Å². The second-order valence-electron chi connectivity index (χ2n) is 9.16. The Hall–Kier alpha value is -1.50. The van der Waals surface area contributed by atoms with Crippen molar-refractivity contribution < 1.29 is 19.1 Å². The summed E-state index contributed by atoms with van der Waals surface area (Å²) < 4.78 is 11.5. The van der Waals surface area contributed by atoms with Crippen LogP contribution in [-0.4, -0.2) is 58.7 Å². The van der Waals surface area contributed by atoms with Gasteiger partial charge in [0.05, 0.1) is 25.2 Å². The zero-order valence-corrected chi connectivity index (χ0v) is 18.6. The zero-order valence-electron chi connectivity index (χ0n) is 17.1. The molecule has 6 nitrogen and oxygen atoms in total. The molecular weight excluding hydrogens is 415 g/mol. The lowest BCUT2D eigenvalue weighted by molar-refractivity contribution is -0.158. The molecule has 2 bridgehead atoms. The third kappa shape index (κ3) is 3.60. The van der Waals surface area contributed by atoms with Crippen molar-refractivity contribution in [3.8, 4) is 0 Å². The predicted octanol–water partition coefficient (Wildman–Crippen LogP) is 4.22. The number of amides is 2. The molecule has 2 amide bonds. The average molecular weight is 441 g/mol. The summed E-state index contributed by atoms with van der Waals surface area (Å²) in [6.07, 6.45) is 0.784. The van der Waals surface area contributed by atoms with Crippen molar-refractivity contribution >= 4 is 35.2 Å². The fourth-order valence-corrected chi connectivity index (χ4v) is 5.36. The number of hydrogen-bond acceptors (Lipinski definition) is 4. The summed E-state index contributed by atoms with van der Waals surface area (Å²) in [5, 5.41) is 1.17. The van der Waals surface area contributed by atoms with E-state index in [1.165, 1.54) is 0 Å². The molecule has 0 saturated carbocycles. The second kappa shape index (κ2) is 7.03. The fraction of sp³-hybridized carbons (Fsp3) is 0.619. The summed E-state index contributed by atoms with van der Waals surface area (Å²) in [5.74, 6) is -0.0878. The van der Waals surface area contributed by atoms with E-state index in [0.29, 0.717) is 36.0 Å². The molecule has 4 rings (SSSR count). The highest BCUT2D eigenvalue weighted by molar-refractivity contribution is 6.35. The van der Waals surface area contributed by atoms with Gasteiger partial charge in [0.2, 0.25) is 0 Å². The first-order valence-corrected chi connectivity index (χ1v) is 10.7. The van der Waals surface area contributed by atoms with Gasteiger partial charge in [0.1, 0.15) is 5.60 Å². The Morgan fingerprint density at radius 2 is 1.97 bits per heavy atom. The van der Waals surface area contributed by atoms with E-state index in [1.54, 1.807) is 11.0 Å². The number of halogens is 2. The lowest BCUT2D eigenvalue weighted by atomic mass is 9.91. The largest absolute Gasteiger partial charge is 0.444 e. The van der Waals surface area contributed by atoms with Gasteiger partial charge in [-0.15, -0.1) is 0 Å². The van der Waals surface area contributed by atoms with Crippen molar-refractivity contribution in [2.75, 3.05) is 19.7 Å². The Bertz CT molecular complexity index is 869. The molecule has 8 heteroatoms. The number of carbonyl (C=O) groups excluding carboxylic acids is 2. The molecule has 0 spiro atoms. The van der Waals surface area contributed by atoms with Crippen LogP contribution in [0.1, 0.15) is 51.3 Å². The topological polar surface area (TPSA) is 59.1 Å². The molecule has 0 unspecified atom stereocenters. The molecule has 1 aromatic rings. The Morgan fingerprint density at radius 1 is 1.24 bits per heavy atom. The van der Waals surface area contributed by atoms with Gasteiger partial charge in [0.15, 0.2) is 5.60 Å². The van der Waals surface area contributed by atoms with E-state index in [0.717, 1.165) is 11.1 Å². The maximum Gasteiger partial charge on any atom is 0.410 e. The summed E-state index contributed by atoms with van der Waals surface area (Å²) in [6.45, 7) is 8.60. The first-order chi connectivity index (χ1) is 13.5. The lowest BCUT2D eigenvalue weighted by Crippen LogP contribution is -2.56. The highest BCUT2D eigenvalue weighted by Crippen LogP contribution is 2.43. The zero-order chi connectivity index (χ0) is 21.1. The third-order valence-corrected chi connectivity index (χ3v) is 6.48. The van der Waals surface area contributed by atoms with Gasteiger partial charge in [-0.05, 0) is 57.4 Å². The maximum atomic E-state index is 13.6. The first kappa shape index (κ1) is 20.8. The van der Waals surface area contributed by atoms with Gasteiger partial charge in [0, 0.05) is 23.0 Å². The van der Waals surface area contributed by atoms with Crippen molar-refractivity contribution in [1.82, 2.24) is 9.80 Å². The summed E-state index contributed by atoms with van der Waals surface area (Å²) >= 11 is 12.6. The molecule has 3 aliphatic rings. The molecule has 3 aliphatic heterocycles. The van der Waals surface area contributed by atoms with Gasteiger partial charge in [0.25, 0.3) is 5.91 Å². The van der Waals surface area contributed by atoms with Crippen LogP contribution in [0.15, 0.2) is 12.1 Å². The maximum absolute atomic E-state index is 13.6. The van der Waals surface area contributed by atoms with Crippen molar-refractivity contribution in [3.63, 3.8) is 0 Å². The normalized spacial score (nSPS) is 28.5. The molecule has 158 valence electrons. The molecule has 2 saturated heterocycles. The van der Waals surface area contributed by atoms with Crippen LogP contribution in [0.5, 0.6) is 0 Å². The SMILES string of the molecule is C[C@H]1c2c(Cl)cc(Cl)cc2CCN1C(=O)[C@]12C[C@H](CO1)N(C(=O)OC(C)(C)C)C2. The minimum absolute atomic E-state index is 0.0878. The smallest absolute Gasteiger partial charge is 0.410 e. The highest BCUT2D eigenvalue weighted by atomic mass is 35.5. The summed E-state index contributed by atoms with van der Waals surface area (Å²) in [5.41, 5.74) is 0.416. The second-order valence-corrected chi connectivity index (χ2v) is 10.0. The minimum Gasteiger partial charge on any atom is -0.444 e. The monoisotopic (exact) mass is 440 g/mol. The van der Waals surface area contributed by atoms with E-state index in [9.17, 15) is 9.59 Å². The fourth-order valence-electron chi connectivity index (χ4n) is 4.66. The summed E-state index contributed by atoms with van der Waals surface area (Å²) in [7, 11) is 0. The number of hydrogen-bond donors (Lipinski definition) is 0. The van der Waals surface area contributed by atoms with E-state index in [1.807, 2.05) is 38.7 Å². The van der Waals surface area contributed by atoms with Crippen LogP contribution in [0.25, 0.3) is 0 Å². The van der Waals surface area contributed by atoms with E-state index < -0.39 is 17.3 Å². The molecular formula is C21H26Cl2N2O4. The van der Waals surface area contributed by atoms with E-state index in [4.69, 9.17) is 32.7 Å². The standard InChI is InChI=1S/C21H26Cl2N2O4/c1-12-17-13(7-14(22)8-16(17)23)5-6-24(12)18(26)21-9-15(10-28-21)25(11-21)19(27)29-20(2,3)4/h7-8,12,15H,5-6,9-11H2,1-4H3/t12-,15+,21+/m0/s1. The van der Waals surface area contributed by atoms with Crippen LogP contribution >= 0.6 is 23.2 Å². The van der Waals surface area contributed by atoms with Gasteiger partial charge < -0.3 is 14.4 Å². The number of morpholine rings is 1. The van der Waals surface area contributed by atoms with E-state index >= 15 is 0 Å². The van der Waals surface area contributed by atoms with Gasteiger partial charge in [-0.3, -0.25) is 9.69 Å². The van der Waals surface area contributed by atoms with Crippen molar-refractivity contribution in [2.24, 2.45) is 0 Å². The molecule has 3 heterocycles. The molecule has 3 atom stereocenters. The van der Waals surface area contributed by atoms with Crippen LogP contribution < -0.4 is 0 Å². The number of rotatable bonds is 1. The van der Waals surface area contributed by atoms with E-state index in [2.05, 4.69) is 0 Å². The van der Waals surface area contributed by atoms with Crippen LogP contribution in [0.3, 0.4) is 0 Å². The van der Waals surface area contributed by atoms with Gasteiger partial charge in [-0.2, -0.15) is 0 Å². The molecule has 0 aromatic heterocycles. The van der Waals surface area contributed by atoms with Crippen molar-refractivity contribution in [1.29, 1.82) is 0 Å². The molecule has 0 radical (unpaired) electrons. The van der Waals surface area contributed by atoms with Crippen molar-refractivity contribution in [2.45, 2.75) is 63.8 Å². The average Bonchev–Trinajstić information content (AvgIpc) is 3.19. The molecule has 0 N–H and O–H groups in total. The molecule has 1 aromatic carbocycles. The number of ether oxygens (including phenoxy) is 2. The van der Waals surface area contributed by atoms with Crippen LogP contribution in [-0.2, 0) is 20.7 Å². The third-order valence-electron chi connectivity index (χ3n) is 5.95. The summed E-state index contributed by atoms with van der Waals surface area (Å²) in [4.78, 5) is 29.6. The van der Waals surface area contributed by atoms with Gasteiger partial charge in [-0.25, -0.2) is 4.79 Å². The Labute approximate surface area is 181 Å². The number of nitrogens with zero attached hydrogens (tertiary/aromatic N) is 2. The highest BCUT2D eigenvalue weighted by Gasteiger charge is 2.59. The lowest BCUT2D eigenvalue weighted by Gasteiger charge is -2.41. The Kier molecular flexibility index (Phi) is 5.03. The van der Waals surface area contributed by atoms with E-state index in [-0.39, 0.29) is 24.5 Å². The molecule has 0 aliphatic carbocycles. The molecule has 29 heavy (non-hydrogen) atoms. The predicted molar refractivity (Wildman–Crippen MR) is 110 cm³/mol. The number of fused-ring (bicyclic) bond motifs is 3. The number of carbonyl (C=O) groups is 2. The first-order valence-electron chi connectivity index (χ1n) is 9.93. The minimum atomic E-state index is -1.01. The number of benzene rings is 1. The quantitative estimate of drug-likeness (QED) is 0.655. The Balaban J connectivity index is 1.55. The molecule has 2 fully saturated rings. The van der Waals surface area contributed by atoms with Gasteiger partial charge >= 0.3 is 6.09 Å². The van der Waals surface area contributed by atoms with Crippen molar-refractivity contribution in [3.05, 3.63) is 33.3 Å². The number of likely N-dealkylation sites (tertiary alicyclic amines) is 1.